The fourth-order valence-corrected chi connectivity index (χ4v) is 4.36. The number of anilines is 2. The molecule has 0 unspecified atom stereocenters. The van der Waals surface area contributed by atoms with Crippen LogP contribution in [0.15, 0.2) is 35.2 Å². The molecule has 7 nitrogen and oxygen atoms in total. The van der Waals surface area contributed by atoms with Crippen molar-refractivity contribution in [3.63, 3.8) is 0 Å². The average Bonchev–Trinajstić information content (AvgIpc) is 2.79. The van der Waals surface area contributed by atoms with Crippen molar-refractivity contribution in [2.24, 2.45) is 0 Å². The van der Waals surface area contributed by atoms with Crippen LogP contribution in [0.4, 0.5) is 11.6 Å². The molecule has 4 rings (SSSR count). The predicted molar refractivity (Wildman–Crippen MR) is 123 cm³/mol. The Kier molecular flexibility index (Phi) is 6.43. The summed E-state index contributed by atoms with van der Waals surface area (Å²) in [6, 6.07) is 9.99. The van der Waals surface area contributed by atoms with E-state index in [1.54, 1.807) is 11.8 Å². The summed E-state index contributed by atoms with van der Waals surface area (Å²) in [5, 5.41) is 0. The Morgan fingerprint density at radius 2 is 1.40 bits per heavy atom. The van der Waals surface area contributed by atoms with E-state index in [2.05, 4.69) is 37.8 Å². The lowest BCUT2D eigenvalue weighted by molar-refractivity contribution is 0.0746. The number of carbonyl (C=O) groups excluding carboxylic acids is 1. The van der Waals surface area contributed by atoms with Gasteiger partial charge in [0.15, 0.2) is 0 Å². The van der Waals surface area contributed by atoms with Gasteiger partial charge in [-0.05, 0) is 44.5 Å². The number of hydrogen-bond donors (Lipinski definition) is 0. The molecule has 2 saturated heterocycles. The highest BCUT2D eigenvalue weighted by Crippen LogP contribution is 2.22. The standard InChI is InChI=1S/C22H30N6OS/c1-17-23-20(26-10-8-25(2)9-11-26)16-21(24-17)27-12-14-28(15-13-27)22(29)18-4-6-19(30-3)7-5-18/h4-7,16H,8-15H2,1-3H3. The molecule has 0 N–H and O–H groups in total. The number of rotatable bonds is 4. The SMILES string of the molecule is CSc1ccc(C(=O)N2CCN(c3cc(N4CCN(C)CC4)nc(C)n3)CC2)cc1. The molecule has 0 atom stereocenters. The van der Waals surface area contributed by atoms with E-state index in [-0.39, 0.29) is 5.91 Å². The van der Waals surface area contributed by atoms with Gasteiger partial charge in [-0.2, -0.15) is 0 Å². The van der Waals surface area contributed by atoms with Crippen LogP contribution >= 0.6 is 11.8 Å². The van der Waals surface area contributed by atoms with Gasteiger partial charge < -0.3 is 19.6 Å². The minimum Gasteiger partial charge on any atom is -0.354 e. The number of hydrogen-bond acceptors (Lipinski definition) is 7. The van der Waals surface area contributed by atoms with Gasteiger partial charge in [0.1, 0.15) is 17.5 Å². The maximum absolute atomic E-state index is 12.8. The molecule has 8 heteroatoms. The summed E-state index contributed by atoms with van der Waals surface area (Å²) in [7, 11) is 2.16. The van der Waals surface area contributed by atoms with Crippen molar-refractivity contribution >= 4 is 29.3 Å². The van der Waals surface area contributed by atoms with Gasteiger partial charge in [0, 0.05) is 68.9 Å². The second kappa shape index (κ2) is 9.22. The molecule has 2 aliphatic heterocycles. The quantitative estimate of drug-likeness (QED) is 0.695. The molecule has 0 saturated carbocycles. The first-order valence-electron chi connectivity index (χ1n) is 10.5. The number of nitrogens with zero attached hydrogens (tertiary/aromatic N) is 6. The van der Waals surface area contributed by atoms with Gasteiger partial charge in [-0.1, -0.05) is 0 Å². The van der Waals surface area contributed by atoms with Crippen LogP contribution in [0.2, 0.25) is 0 Å². The van der Waals surface area contributed by atoms with Gasteiger partial charge in [-0.25, -0.2) is 9.97 Å². The van der Waals surface area contributed by atoms with E-state index in [0.717, 1.165) is 62.3 Å². The lowest BCUT2D eigenvalue weighted by Gasteiger charge is -2.37. The Morgan fingerprint density at radius 3 is 1.93 bits per heavy atom. The lowest BCUT2D eigenvalue weighted by Crippen LogP contribution is -2.49. The van der Waals surface area contributed by atoms with Crippen LogP contribution in [0, 0.1) is 6.92 Å². The maximum atomic E-state index is 12.8. The third-order valence-electron chi connectivity index (χ3n) is 5.87. The van der Waals surface area contributed by atoms with Gasteiger partial charge in [0.05, 0.1) is 0 Å². The van der Waals surface area contributed by atoms with Crippen molar-refractivity contribution in [2.75, 3.05) is 75.5 Å². The van der Waals surface area contributed by atoms with Crippen LogP contribution in [0.3, 0.4) is 0 Å². The number of amides is 1. The smallest absolute Gasteiger partial charge is 0.253 e. The van der Waals surface area contributed by atoms with Crippen LogP contribution in [-0.2, 0) is 0 Å². The van der Waals surface area contributed by atoms with Crippen LogP contribution in [0.1, 0.15) is 16.2 Å². The van der Waals surface area contributed by atoms with Crippen LogP contribution in [-0.4, -0.2) is 91.3 Å². The minimum atomic E-state index is 0.110. The second-order valence-electron chi connectivity index (χ2n) is 7.93. The highest BCUT2D eigenvalue weighted by molar-refractivity contribution is 7.98. The number of aryl methyl sites for hydroxylation is 1. The number of likely N-dealkylation sites (N-methyl/N-ethyl adjacent to an activating group) is 1. The van der Waals surface area contributed by atoms with Crippen molar-refractivity contribution in [3.05, 3.63) is 41.7 Å². The third-order valence-corrected chi connectivity index (χ3v) is 6.61. The number of aromatic nitrogens is 2. The normalized spacial score (nSPS) is 18.0. The molecule has 3 heterocycles. The van der Waals surface area contributed by atoms with E-state index in [1.165, 1.54) is 4.90 Å². The highest BCUT2D eigenvalue weighted by atomic mass is 32.2. The molecule has 30 heavy (non-hydrogen) atoms. The largest absolute Gasteiger partial charge is 0.354 e. The molecular formula is C22H30N6OS. The Balaban J connectivity index is 1.40. The minimum absolute atomic E-state index is 0.110. The van der Waals surface area contributed by atoms with Gasteiger partial charge in [0.2, 0.25) is 0 Å². The van der Waals surface area contributed by atoms with Crippen molar-refractivity contribution in [3.8, 4) is 0 Å². The Labute approximate surface area is 183 Å². The lowest BCUT2D eigenvalue weighted by atomic mass is 10.2. The zero-order valence-corrected chi connectivity index (χ0v) is 18.9. The molecule has 1 amide bonds. The molecule has 2 aromatic rings. The van der Waals surface area contributed by atoms with Crippen molar-refractivity contribution in [1.29, 1.82) is 0 Å². The van der Waals surface area contributed by atoms with Gasteiger partial charge in [0.25, 0.3) is 5.91 Å². The Hall–Kier alpha value is -2.32. The number of thioether (sulfide) groups is 1. The molecule has 0 radical (unpaired) electrons. The molecule has 160 valence electrons. The summed E-state index contributed by atoms with van der Waals surface area (Å²) in [5.41, 5.74) is 0.761. The summed E-state index contributed by atoms with van der Waals surface area (Å²) in [6.45, 7) is 9.02. The number of benzene rings is 1. The summed E-state index contributed by atoms with van der Waals surface area (Å²) < 4.78 is 0. The molecule has 1 aromatic heterocycles. The van der Waals surface area contributed by atoms with Gasteiger partial charge in [-0.15, -0.1) is 11.8 Å². The molecule has 2 fully saturated rings. The monoisotopic (exact) mass is 426 g/mol. The van der Waals surface area contributed by atoms with E-state index >= 15 is 0 Å². The predicted octanol–water partition coefficient (Wildman–Crippen LogP) is 2.22. The Morgan fingerprint density at radius 1 is 0.867 bits per heavy atom. The van der Waals surface area contributed by atoms with E-state index < -0.39 is 0 Å². The van der Waals surface area contributed by atoms with Gasteiger partial charge in [-0.3, -0.25) is 4.79 Å². The van der Waals surface area contributed by atoms with Crippen molar-refractivity contribution < 1.29 is 4.79 Å². The van der Waals surface area contributed by atoms with Crippen LogP contribution < -0.4 is 9.80 Å². The van der Waals surface area contributed by atoms with E-state index in [0.29, 0.717) is 13.1 Å². The zero-order valence-electron chi connectivity index (χ0n) is 18.0. The molecule has 0 aliphatic carbocycles. The summed E-state index contributed by atoms with van der Waals surface area (Å²) in [6.07, 6.45) is 2.04. The van der Waals surface area contributed by atoms with Crippen LogP contribution in [0.25, 0.3) is 0 Å². The van der Waals surface area contributed by atoms with E-state index in [1.807, 2.05) is 42.3 Å². The van der Waals surface area contributed by atoms with Crippen molar-refractivity contribution in [2.45, 2.75) is 11.8 Å². The molecule has 0 spiro atoms. The second-order valence-corrected chi connectivity index (χ2v) is 8.81. The van der Waals surface area contributed by atoms with Gasteiger partial charge >= 0.3 is 0 Å². The highest BCUT2D eigenvalue weighted by Gasteiger charge is 2.24. The third kappa shape index (κ3) is 4.70. The molecule has 0 bridgehead atoms. The zero-order chi connectivity index (χ0) is 21.1. The Bertz CT molecular complexity index is 874. The topological polar surface area (TPSA) is 55.8 Å². The first-order chi connectivity index (χ1) is 14.5. The first-order valence-corrected chi connectivity index (χ1v) is 11.7. The fourth-order valence-electron chi connectivity index (χ4n) is 3.95. The van der Waals surface area contributed by atoms with Crippen LogP contribution in [0.5, 0.6) is 0 Å². The number of piperazine rings is 2. The maximum Gasteiger partial charge on any atom is 0.253 e. The summed E-state index contributed by atoms with van der Waals surface area (Å²) in [4.78, 5) is 32.3. The molecular weight excluding hydrogens is 396 g/mol. The van der Waals surface area contributed by atoms with E-state index in [4.69, 9.17) is 0 Å². The summed E-state index contributed by atoms with van der Waals surface area (Å²) in [5.74, 6) is 2.89. The average molecular weight is 427 g/mol. The van der Waals surface area contributed by atoms with Crippen molar-refractivity contribution in [1.82, 2.24) is 19.8 Å². The fraction of sp³-hybridized carbons (Fsp3) is 0.500. The summed E-state index contributed by atoms with van der Waals surface area (Å²) >= 11 is 1.69. The molecule has 2 aliphatic rings. The number of carbonyl (C=O) groups is 1. The molecule has 1 aromatic carbocycles. The van der Waals surface area contributed by atoms with E-state index in [9.17, 15) is 4.79 Å². The first kappa shape index (κ1) is 20.9.